The van der Waals surface area contributed by atoms with Crippen LogP contribution in [0.25, 0.3) is 0 Å². The summed E-state index contributed by atoms with van der Waals surface area (Å²) in [5.41, 5.74) is 2.32. The summed E-state index contributed by atoms with van der Waals surface area (Å²) >= 11 is 6.14. The molecule has 0 aliphatic carbocycles. The van der Waals surface area contributed by atoms with Gasteiger partial charge in [0.15, 0.2) is 0 Å². The molecule has 4 heteroatoms. The Morgan fingerprint density at radius 3 is 2.53 bits per heavy atom. The number of hydrogen-bond donors (Lipinski definition) is 1. The summed E-state index contributed by atoms with van der Waals surface area (Å²) < 4.78 is 0. The van der Waals surface area contributed by atoms with E-state index in [9.17, 15) is 0 Å². The molecule has 1 saturated heterocycles. The van der Waals surface area contributed by atoms with Gasteiger partial charge in [-0.25, -0.2) is 0 Å². The summed E-state index contributed by atoms with van der Waals surface area (Å²) in [5, 5.41) is 9.73. The van der Waals surface area contributed by atoms with Gasteiger partial charge in [0, 0.05) is 43.4 Å². The van der Waals surface area contributed by atoms with E-state index in [1.165, 1.54) is 5.69 Å². The Hall–Kier alpha value is -0.770. The Morgan fingerprint density at radius 2 is 1.94 bits per heavy atom. The van der Waals surface area contributed by atoms with Gasteiger partial charge in [0.2, 0.25) is 0 Å². The van der Waals surface area contributed by atoms with E-state index in [0.717, 1.165) is 43.3 Å². The summed E-state index contributed by atoms with van der Waals surface area (Å²) in [6.45, 7) is 7.06. The second kappa shape index (κ2) is 5.71. The number of hydrogen-bond acceptors (Lipinski definition) is 3. The molecule has 1 fully saturated rings. The van der Waals surface area contributed by atoms with Gasteiger partial charge in [-0.1, -0.05) is 17.7 Å². The average molecular weight is 255 g/mol. The lowest BCUT2D eigenvalue weighted by atomic mass is 10.2. The third-order valence-electron chi connectivity index (χ3n) is 3.31. The minimum atomic E-state index is 0.246. The highest BCUT2D eigenvalue weighted by Gasteiger charge is 2.16. The molecule has 0 saturated carbocycles. The van der Waals surface area contributed by atoms with Crippen molar-refractivity contribution < 1.29 is 5.11 Å². The van der Waals surface area contributed by atoms with Crippen molar-refractivity contribution in [1.82, 2.24) is 4.90 Å². The molecule has 1 aromatic carbocycles. The van der Waals surface area contributed by atoms with E-state index >= 15 is 0 Å². The maximum atomic E-state index is 8.90. The number of nitrogens with zero attached hydrogens (tertiary/aromatic N) is 2. The number of aliphatic hydroxyl groups is 1. The van der Waals surface area contributed by atoms with Gasteiger partial charge in [-0.05, 0) is 24.6 Å². The normalized spacial score (nSPS) is 17.5. The molecule has 0 unspecified atom stereocenters. The van der Waals surface area contributed by atoms with E-state index in [0.29, 0.717) is 0 Å². The molecule has 1 heterocycles. The smallest absolute Gasteiger partial charge is 0.0558 e. The predicted octanol–water partition coefficient (Wildman–Crippen LogP) is 1.76. The van der Waals surface area contributed by atoms with Crippen molar-refractivity contribution in [3.8, 4) is 0 Å². The van der Waals surface area contributed by atoms with Crippen molar-refractivity contribution in [1.29, 1.82) is 0 Å². The van der Waals surface area contributed by atoms with E-state index in [1.807, 2.05) is 13.0 Å². The summed E-state index contributed by atoms with van der Waals surface area (Å²) in [5.74, 6) is 0. The molecule has 0 amide bonds. The van der Waals surface area contributed by atoms with Crippen LogP contribution in [0.2, 0.25) is 5.02 Å². The van der Waals surface area contributed by atoms with Crippen molar-refractivity contribution in [2.75, 3.05) is 44.2 Å². The van der Waals surface area contributed by atoms with Gasteiger partial charge in [-0.15, -0.1) is 0 Å². The Balaban J connectivity index is 1.98. The average Bonchev–Trinajstić information content (AvgIpc) is 2.34. The molecule has 1 aliphatic heterocycles. The van der Waals surface area contributed by atoms with Gasteiger partial charge >= 0.3 is 0 Å². The van der Waals surface area contributed by atoms with E-state index in [2.05, 4.69) is 21.9 Å². The molecule has 1 N–H and O–H groups in total. The van der Waals surface area contributed by atoms with Crippen LogP contribution in [0.3, 0.4) is 0 Å². The van der Waals surface area contributed by atoms with Crippen LogP contribution in [0.4, 0.5) is 5.69 Å². The van der Waals surface area contributed by atoms with Crippen LogP contribution in [0.5, 0.6) is 0 Å². The first kappa shape index (κ1) is 12.7. The number of piperazine rings is 1. The Kier molecular flexibility index (Phi) is 4.26. The standard InChI is InChI=1S/C13H19ClN2O/c1-11-2-3-12(10-13(11)14)16-6-4-15(5-7-16)8-9-17/h2-3,10,17H,4-9H2,1H3. The molecule has 0 spiro atoms. The number of rotatable bonds is 3. The molecule has 3 nitrogen and oxygen atoms in total. The number of halogens is 1. The van der Waals surface area contributed by atoms with Crippen LogP contribution < -0.4 is 4.90 Å². The van der Waals surface area contributed by atoms with E-state index in [-0.39, 0.29) is 6.61 Å². The Bertz CT molecular complexity index is 376. The molecule has 0 radical (unpaired) electrons. The number of benzene rings is 1. The highest BCUT2D eigenvalue weighted by Crippen LogP contribution is 2.23. The fourth-order valence-electron chi connectivity index (χ4n) is 2.15. The van der Waals surface area contributed by atoms with Gasteiger partial charge in [-0.3, -0.25) is 4.90 Å². The Labute approximate surface area is 108 Å². The molecule has 94 valence electrons. The number of anilines is 1. The zero-order chi connectivity index (χ0) is 12.3. The first-order valence-electron chi connectivity index (χ1n) is 6.05. The quantitative estimate of drug-likeness (QED) is 0.891. The first-order valence-corrected chi connectivity index (χ1v) is 6.43. The van der Waals surface area contributed by atoms with Gasteiger partial charge in [0.1, 0.15) is 0 Å². The zero-order valence-electron chi connectivity index (χ0n) is 10.2. The minimum absolute atomic E-state index is 0.246. The van der Waals surface area contributed by atoms with Crippen molar-refractivity contribution in [2.45, 2.75) is 6.92 Å². The molecule has 0 bridgehead atoms. The highest BCUT2D eigenvalue weighted by molar-refractivity contribution is 6.31. The summed E-state index contributed by atoms with van der Waals surface area (Å²) in [6.07, 6.45) is 0. The lowest BCUT2D eigenvalue weighted by Gasteiger charge is -2.35. The number of aliphatic hydroxyl groups excluding tert-OH is 1. The van der Waals surface area contributed by atoms with Gasteiger partial charge in [-0.2, -0.15) is 0 Å². The van der Waals surface area contributed by atoms with Gasteiger partial charge < -0.3 is 10.0 Å². The fourth-order valence-corrected chi connectivity index (χ4v) is 2.32. The predicted molar refractivity (Wildman–Crippen MR) is 71.9 cm³/mol. The molecule has 0 atom stereocenters. The molecular weight excluding hydrogens is 236 g/mol. The largest absolute Gasteiger partial charge is 0.395 e. The third kappa shape index (κ3) is 3.12. The summed E-state index contributed by atoms with van der Waals surface area (Å²) in [6, 6.07) is 6.24. The van der Waals surface area contributed by atoms with Crippen molar-refractivity contribution in [3.05, 3.63) is 28.8 Å². The van der Waals surface area contributed by atoms with E-state index in [1.54, 1.807) is 0 Å². The lowest BCUT2D eigenvalue weighted by molar-refractivity contribution is 0.189. The van der Waals surface area contributed by atoms with E-state index in [4.69, 9.17) is 16.7 Å². The number of aryl methyl sites for hydroxylation is 1. The molecule has 2 rings (SSSR count). The highest BCUT2D eigenvalue weighted by atomic mass is 35.5. The van der Waals surface area contributed by atoms with E-state index < -0.39 is 0 Å². The van der Waals surface area contributed by atoms with Crippen molar-refractivity contribution in [2.24, 2.45) is 0 Å². The van der Waals surface area contributed by atoms with Crippen LogP contribution in [0.15, 0.2) is 18.2 Å². The summed E-state index contributed by atoms with van der Waals surface area (Å²) in [7, 11) is 0. The molecule has 1 aromatic rings. The van der Waals surface area contributed by atoms with Crippen LogP contribution in [0.1, 0.15) is 5.56 Å². The van der Waals surface area contributed by atoms with Gasteiger partial charge in [0.25, 0.3) is 0 Å². The molecular formula is C13H19ClN2O. The first-order chi connectivity index (χ1) is 8.20. The van der Waals surface area contributed by atoms with Crippen LogP contribution in [-0.2, 0) is 0 Å². The summed E-state index contributed by atoms with van der Waals surface area (Å²) in [4.78, 5) is 4.63. The van der Waals surface area contributed by atoms with Gasteiger partial charge in [0.05, 0.1) is 6.61 Å². The fraction of sp³-hybridized carbons (Fsp3) is 0.538. The maximum absolute atomic E-state index is 8.90. The lowest BCUT2D eigenvalue weighted by Crippen LogP contribution is -2.47. The SMILES string of the molecule is Cc1ccc(N2CCN(CCO)CC2)cc1Cl. The van der Waals surface area contributed by atoms with Crippen molar-refractivity contribution >= 4 is 17.3 Å². The molecule has 1 aliphatic rings. The third-order valence-corrected chi connectivity index (χ3v) is 3.72. The monoisotopic (exact) mass is 254 g/mol. The van der Waals surface area contributed by atoms with Crippen LogP contribution in [-0.4, -0.2) is 49.3 Å². The second-order valence-electron chi connectivity index (χ2n) is 4.49. The molecule has 0 aromatic heterocycles. The number of β-amino-alcohol motifs (C(OH)–C–C–N with tert-alkyl or cyclic N) is 1. The minimum Gasteiger partial charge on any atom is -0.395 e. The van der Waals surface area contributed by atoms with Crippen molar-refractivity contribution in [3.63, 3.8) is 0 Å². The maximum Gasteiger partial charge on any atom is 0.0558 e. The Morgan fingerprint density at radius 1 is 1.24 bits per heavy atom. The van der Waals surface area contributed by atoms with Crippen LogP contribution in [0, 0.1) is 6.92 Å². The second-order valence-corrected chi connectivity index (χ2v) is 4.89. The molecule has 17 heavy (non-hydrogen) atoms. The van der Waals surface area contributed by atoms with Crippen LogP contribution >= 0.6 is 11.6 Å². The zero-order valence-corrected chi connectivity index (χ0v) is 11.0. The topological polar surface area (TPSA) is 26.7 Å².